The van der Waals surface area contributed by atoms with E-state index in [1.165, 1.54) is 5.56 Å². The Morgan fingerprint density at radius 2 is 2.07 bits per heavy atom. The van der Waals surface area contributed by atoms with Crippen LogP contribution in [0.3, 0.4) is 0 Å². The van der Waals surface area contributed by atoms with E-state index in [9.17, 15) is 4.79 Å². The molecule has 1 aliphatic heterocycles. The molecule has 3 heteroatoms. The molecule has 0 saturated carbocycles. The standard InChI is InChI=1S/C12H13IO2/c13-9-12(7-6-11(14)15-12)8-10-4-2-1-3-5-10/h1-5H,6-9H2. The molecule has 0 bridgehead atoms. The SMILES string of the molecule is O=C1CCC(CI)(Cc2ccccc2)O1. The van der Waals surface area contributed by atoms with Crippen LogP contribution >= 0.6 is 22.6 Å². The summed E-state index contributed by atoms with van der Waals surface area (Å²) in [5.41, 5.74) is 0.989. The number of hydrogen-bond donors (Lipinski definition) is 0. The van der Waals surface area contributed by atoms with Crippen LogP contribution in [0.1, 0.15) is 18.4 Å². The Kier molecular flexibility index (Phi) is 3.29. The molecule has 1 unspecified atom stereocenters. The third kappa shape index (κ3) is 2.51. The fourth-order valence-corrected chi connectivity index (χ4v) is 2.71. The van der Waals surface area contributed by atoms with E-state index in [-0.39, 0.29) is 11.6 Å². The van der Waals surface area contributed by atoms with Gasteiger partial charge in [-0.1, -0.05) is 52.9 Å². The highest BCUT2D eigenvalue weighted by Gasteiger charge is 2.39. The summed E-state index contributed by atoms with van der Waals surface area (Å²) < 4.78 is 6.32. The Bertz CT molecular complexity index is 350. The molecular weight excluding hydrogens is 303 g/mol. The molecule has 1 aromatic rings. The lowest BCUT2D eigenvalue weighted by Crippen LogP contribution is -2.33. The van der Waals surface area contributed by atoms with E-state index < -0.39 is 0 Å². The van der Waals surface area contributed by atoms with Crippen molar-refractivity contribution in [3.05, 3.63) is 35.9 Å². The van der Waals surface area contributed by atoms with Crippen LogP contribution in [-0.2, 0) is 16.0 Å². The van der Waals surface area contributed by atoms with E-state index in [0.717, 1.165) is 17.3 Å². The number of carbonyl (C=O) groups excluding carboxylic acids is 1. The van der Waals surface area contributed by atoms with Crippen molar-refractivity contribution in [2.24, 2.45) is 0 Å². The Morgan fingerprint density at radius 1 is 1.33 bits per heavy atom. The maximum Gasteiger partial charge on any atom is 0.306 e. The molecule has 0 N–H and O–H groups in total. The van der Waals surface area contributed by atoms with Crippen molar-refractivity contribution >= 4 is 28.6 Å². The third-order valence-corrected chi connectivity index (χ3v) is 4.12. The van der Waals surface area contributed by atoms with Crippen molar-refractivity contribution < 1.29 is 9.53 Å². The summed E-state index contributed by atoms with van der Waals surface area (Å²) in [5.74, 6) is -0.0532. The predicted molar refractivity (Wildman–Crippen MR) is 67.1 cm³/mol. The number of halogens is 1. The van der Waals surface area contributed by atoms with Crippen LogP contribution in [0.25, 0.3) is 0 Å². The van der Waals surface area contributed by atoms with Gasteiger partial charge in [-0.05, 0) is 12.0 Å². The van der Waals surface area contributed by atoms with Gasteiger partial charge in [0.05, 0.1) is 0 Å². The molecule has 2 nitrogen and oxygen atoms in total. The number of alkyl halides is 1. The average Bonchev–Trinajstić information content (AvgIpc) is 2.62. The number of carbonyl (C=O) groups is 1. The quantitative estimate of drug-likeness (QED) is 0.487. The Balaban J connectivity index is 2.12. The maximum atomic E-state index is 11.2. The average molecular weight is 316 g/mol. The molecule has 1 aromatic carbocycles. The van der Waals surface area contributed by atoms with Crippen LogP contribution in [-0.4, -0.2) is 16.0 Å². The highest BCUT2D eigenvalue weighted by Crippen LogP contribution is 2.32. The van der Waals surface area contributed by atoms with E-state index in [2.05, 4.69) is 34.7 Å². The minimum atomic E-state index is -0.251. The molecule has 1 fully saturated rings. The number of hydrogen-bond acceptors (Lipinski definition) is 2. The Hall–Kier alpha value is -0.580. The van der Waals surface area contributed by atoms with E-state index >= 15 is 0 Å². The summed E-state index contributed by atoms with van der Waals surface area (Å²) in [6.45, 7) is 0. The van der Waals surface area contributed by atoms with Gasteiger partial charge in [0.1, 0.15) is 5.60 Å². The lowest BCUT2D eigenvalue weighted by molar-refractivity contribution is -0.146. The monoisotopic (exact) mass is 316 g/mol. The fourth-order valence-electron chi connectivity index (χ4n) is 1.91. The highest BCUT2D eigenvalue weighted by molar-refractivity contribution is 14.1. The van der Waals surface area contributed by atoms with Crippen molar-refractivity contribution in [3.63, 3.8) is 0 Å². The van der Waals surface area contributed by atoms with Crippen molar-refractivity contribution in [1.29, 1.82) is 0 Å². The number of cyclic esters (lactones) is 1. The summed E-state index contributed by atoms with van der Waals surface area (Å²) in [5, 5.41) is 0. The van der Waals surface area contributed by atoms with Gasteiger partial charge in [0.2, 0.25) is 0 Å². The van der Waals surface area contributed by atoms with Crippen molar-refractivity contribution in [2.45, 2.75) is 24.9 Å². The molecule has 1 saturated heterocycles. The highest BCUT2D eigenvalue weighted by atomic mass is 127. The predicted octanol–water partition coefficient (Wildman–Crippen LogP) is 2.74. The summed E-state index contributed by atoms with van der Waals surface area (Å²) in [4.78, 5) is 11.2. The first-order chi connectivity index (χ1) is 7.24. The van der Waals surface area contributed by atoms with Gasteiger partial charge in [-0.2, -0.15) is 0 Å². The topological polar surface area (TPSA) is 26.3 Å². The van der Waals surface area contributed by atoms with Crippen LogP contribution in [0.5, 0.6) is 0 Å². The van der Waals surface area contributed by atoms with Crippen LogP contribution in [0.15, 0.2) is 30.3 Å². The zero-order chi connectivity index (χ0) is 10.7. The molecule has 1 atom stereocenters. The molecule has 1 heterocycles. The van der Waals surface area contributed by atoms with Gasteiger partial charge in [0.15, 0.2) is 0 Å². The van der Waals surface area contributed by atoms with Gasteiger partial charge in [-0.15, -0.1) is 0 Å². The molecule has 15 heavy (non-hydrogen) atoms. The first-order valence-electron chi connectivity index (χ1n) is 5.06. The molecule has 0 spiro atoms. The van der Waals surface area contributed by atoms with Crippen molar-refractivity contribution in [2.75, 3.05) is 4.43 Å². The van der Waals surface area contributed by atoms with Gasteiger partial charge in [0.25, 0.3) is 0 Å². The zero-order valence-corrected chi connectivity index (χ0v) is 10.6. The second-order valence-electron chi connectivity index (χ2n) is 3.95. The number of esters is 1. The summed E-state index contributed by atoms with van der Waals surface area (Å²) in [6, 6.07) is 10.2. The Morgan fingerprint density at radius 3 is 2.60 bits per heavy atom. The van der Waals surface area contributed by atoms with E-state index in [4.69, 9.17) is 4.74 Å². The van der Waals surface area contributed by atoms with Crippen molar-refractivity contribution in [1.82, 2.24) is 0 Å². The summed E-state index contributed by atoms with van der Waals surface area (Å²) >= 11 is 2.30. The maximum absolute atomic E-state index is 11.2. The van der Waals surface area contributed by atoms with Gasteiger partial charge in [0, 0.05) is 17.3 Å². The Labute approximate surface area is 103 Å². The van der Waals surface area contributed by atoms with E-state index in [1.54, 1.807) is 0 Å². The van der Waals surface area contributed by atoms with Crippen LogP contribution in [0.4, 0.5) is 0 Å². The molecule has 2 rings (SSSR count). The van der Waals surface area contributed by atoms with Crippen LogP contribution in [0.2, 0.25) is 0 Å². The minimum Gasteiger partial charge on any atom is -0.458 e. The normalized spacial score (nSPS) is 25.3. The smallest absolute Gasteiger partial charge is 0.306 e. The molecule has 0 amide bonds. The summed E-state index contributed by atoms with van der Waals surface area (Å²) in [7, 11) is 0. The lowest BCUT2D eigenvalue weighted by atomic mass is 9.94. The van der Waals surface area contributed by atoms with Gasteiger partial charge >= 0.3 is 5.97 Å². The first-order valence-corrected chi connectivity index (χ1v) is 6.58. The molecule has 0 aliphatic carbocycles. The second kappa shape index (κ2) is 4.51. The largest absolute Gasteiger partial charge is 0.458 e. The van der Waals surface area contributed by atoms with Gasteiger partial charge in [-0.3, -0.25) is 4.79 Å². The number of rotatable bonds is 3. The lowest BCUT2D eigenvalue weighted by Gasteiger charge is -2.25. The summed E-state index contributed by atoms with van der Waals surface area (Å²) in [6.07, 6.45) is 2.25. The van der Waals surface area contributed by atoms with Crippen LogP contribution in [0, 0.1) is 0 Å². The molecule has 0 aromatic heterocycles. The van der Waals surface area contributed by atoms with E-state index in [0.29, 0.717) is 6.42 Å². The number of benzene rings is 1. The van der Waals surface area contributed by atoms with Crippen LogP contribution < -0.4 is 0 Å². The molecule has 80 valence electrons. The zero-order valence-electron chi connectivity index (χ0n) is 8.41. The second-order valence-corrected chi connectivity index (χ2v) is 4.72. The molecule has 0 radical (unpaired) electrons. The molecular formula is C12H13IO2. The van der Waals surface area contributed by atoms with Gasteiger partial charge in [-0.25, -0.2) is 0 Å². The minimum absolute atomic E-state index is 0.0532. The number of ether oxygens (including phenoxy) is 1. The van der Waals surface area contributed by atoms with Gasteiger partial charge < -0.3 is 4.74 Å². The first kappa shape index (κ1) is 10.9. The van der Waals surface area contributed by atoms with E-state index in [1.807, 2.05) is 18.2 Å². The molecule has 1 aliphatic rings. The van der Waals surface area contributed by atoms with Crippen molar-refractivity contribution in [3.8, 4) is 0 Å². The fraction of sp³-hybridized carbons (Fsp3) is 0.417. The third-order valence-electron chi connectivity index (χ3n) is 2.73.